The van der Waals surface area contributed by atoms with Gasteiger partial charge in [0.15, 0.2) is 5.13 Å². The molecule has 128 valence electrons. The molecule has 0 amide bonds. The number of hydrogen-bond acceptors (Lipinski definition) is 5. The zero-order chi connectivity index (χ0) is 18.0. The first-order valence-corrected chi connectivity index (χ1v) is 9.67. The van der Waals surface area contributed by atoms with E-state index in [1.165, 1.54) is 12.1 Å². The van der Waals surface area contributed by atoms with Crippen LogP contribution in [0.3, 0.4) is 0 Å². The Bertz CT molecular complexity index is 1030. The van der Waals surface area contributed by atoms with Gasteiger partial charge in [-0.05, 0) is 18.2 Å². The van der Waals surface area contributed by atoms with Gasteiger partial charge < -0.3 is 5.11 Å². The van der Waals surface area contributed by atoms with Crippen molar-refractivity contribution in [3.63, 3.8) is 0 Å². The molecule has 1 aromatic heterocycles. The number of carboxylic acid groups (broad SMARTS) is 1. The van der Waals surface area contributed by atoms with E-state index in [9.17, 15) is 13.2 Å². The van der Waals surface area contributed by atoms with Gasteiger partial charge in [-0.15, -0.1) is 11.3 Å². The summed E-state index contributed by atoms with van der Waals surface area (Å²) in [5, 5.41) is 10.8. The highest BCUT2D eigenvalue weighted by atomic mass is 35.5. The molecule has 0 radical (unpaired) electrons. The third-order valence-electron chi connectivity index (χ3n) is 3.26. The van der Waals surface area contributed by atoms with Crippen molar-refractivity contribution in [2.24, 2.45) is 0 Å². The van der Waals surface area contributed by atoms with Crippen molar-refractivity contribution in [1.82, 2.24) is 4.98 Å². The van der Waals surface area contributed by atoms with Crippen molar-refractivity contribution in [3.8, 4) is 11.3 Å². The van der Waals surface area contributed by atoms with Crippen LogP contribution >= 0.6 is 22.9 Å². The monoisotopic (exact) mass is 394 g/mol. The fraction of sp³-hybridized carbons (Fsp3) is 0. The second kappa shape index (κ2) is 6.83. The Kier molecular flexibility index (Phi) is 4.76. The average Bonchev–Trinajstić information content (AvgIpc) is 3.03. The van der Waals surface area contributed by atoms with Gasteiger partial charge in [0.1, 0.15) is 4.90 Å². The highest BCUT2D eigenvalue weighted by Gasteiger charge is 2.21. The van der Waals surface area contributed by atoms with E-state index in [4.69, 9.17) is 16.7 Å². The summed E-state index contributed by atoms with van der Waals surface area (Å²) in [4.78, 5) is 15.0. The van der Waals surface area contributed by atoms with E-state index < -0.39 is 16.0 Å². The number of rotatable bonds is 5. The molecule has 6 nitrogen and oxygen atoms in total. The van der Waals surface area contributed by atoms with Gasteiger partial charge in [0, 0.05) is 10.9 Å². The second-order valence-electron chi connectivity index (χ2n) is 4.96. The van der Waals surface area contributed by atoms with Crippen molar-refractivity contribution >= 4 is 44.1 Å². The van der Waals surface area contributed by atoms with Gasteiger partial charge in [0.2, 0.25) is 0 Å². The van der Waals surface area contributed by atoms with Crippen molar-refractivity contribution in [2.45, 2.75) is 4.90 Å². The van der Waals surface area contributed by atoms with Crippen LogP contribution in [0.1, 0.15) is 10.4 Å². The van der Waals surface area contributed by atoms with Crippen LogP contribution in [-0.2, 0) is 10.0 Å². The molecule has 0 aliphatic carbocycles. The van der Waals surface area contributed by atoms with Crippen LogP contribution in [0.2, 0.25) is 5.02 Å². The highest BCUT2D eigenvalue weighted by Crippen LogP contribution is 2.29. The largest absolute Gasteiger partial charge is 0.478 e. The number of aromatic nitrogens is 1. The summed E-state index contributed by atoms with van der Waals surface area (Å²) in [7, 11) is -4.07. The van der Waals surface area contributed by atoms with Crippen LogP contribution in [-0.4, -0.2) is 24.5 Å². The molecule has 1 heterocycles. The molecule has 0 saturated heterocycles. The van der Waals surface area contributed by atoms with Crippen LogP contribution < -0.4 is 4.72 Å². The van der Waals surface area contributed by atoms with Crippen molar-refractivity contribution in [3.05, 3.63) is 64.5 Å². The van der Waals surface area contributed by atoms with E-state index in [1.807, 2.05) is 30.3 Å². The molecule has 0 unspecified atom stereocenters. The fourth-order valence-electron chi connectivity index (χ4n) is 2.07. The molecule has 3 rings (SSSR count). The zero-order valence-corrected chi connectivity index (χ0v) is 14.9. The summed E-state index contributed by atoms with van der Waals surface area (Å²) in [6.07, 6.45) is 0. The molecule has 0 fully saturated rings. The van der Waals surface area contributed by atoms with E-state index in [1.54, 1.807) is 5.38 Å². The molecular weight excluding hydrogens is 384 g/mol. The van der Waals surface area contributed by atoms with E-state index in [-0.39, 0.29) is 20.6 Å². The quantitative estimate of drug-likeness (QED) is 0.682. The van der Waals surface area contributed by atoms with E-state index in [0.29, 0.717) is 5.69 Å². The summed E-state index contributed by atoms with van der Waals surface area (Å²) < 4.78 is 27.4. The number of nitrogens with one attached hydrogen (secondary N) is 1. The summed E-state index contributed by atoms with van der Waals surface area (Å²) in [5.74, 6) is -1.24. The maximum absolute atomic E-state index is 12.5. The molecule has 0 aliphatic rings. The molecular formula is C16H11ClN2O4S2. The number of carboxylic acids is 1. The van der Waals surface area contributed by atoms with Crippen molar-refractivity contribution < 1.29 is 18.3 Å². The maximum Gasteiger partial charge on any atom is 0.335 e. The Hall–Kier alpha value is -2.42. The van der Waals surface area contributed by atoms with Gasteiger partial charge in [-0.2, -0.15) is 0 Å². The summed E-state index contributed by atoms with van der Waals surface area (Å²) in [6, 6.07) is 12.8. The Morgan fingerprint density at radius 3 is 2.56 bits per heavy atom. The first-order chi connectivity index (χ1) is 11.9. The fourth-order valence-corrected chi connectivity index (χ4v) is 4.57. The minimum atomic E-state index is -4.07. The topological polar surface area (TPSA) is 96.4 Å². The SMILES string of the molecule is O=C(O)c1ccc(Cl)c(S(=O)(=O)Nc2nc(-c3ccccc3)cs2)c1. The van der Waals surface area contributed by atoms with E-state index in [0.717, 1.165) is 23.0 Å². The number of benzene rings is 2. The molecule has 0 spiro atoms. The molecule has 0 saturated carbocycles. The number of thiazole rings is 1. The predicted octanol–water partition coefficient (Wildman–Crippen LogP) is 3.96. The van der Waals surface area contributed by atoms with Gasteiger partial charge in [0.05, 0.1) is 16.3 Å². The first kappa shape index (κ1) is 17.4. The first-order valence-electron chi connectivity index (χ1n) is 6.93. The van der Waals surface area contributed by atoms with E-state index >= 15 is 0 Å². The lowest BCUT2D eigenvalue weighted by Gasteiger charge is -2.08. The average molecular weight is 395 g/mol. The predicted molar refractivity (Wildman–Crippen MR) is 96.8 cm³/mol. The number of aromatic carboxylic acids is 1. The highest BCUT2D eigenvalue weighted by molar-refractivity contribution is 7.93. The molecule has 9 heteroatoms. The normalized spacial score (nSPS) is 11.2. The maximum atomic E-state index is 12.5. The van der Waals surface area contributed by atoms with Crippen LogP contribution in [0.25, 0.3) is 11.3 Å². The summed E-state index contributed by atoms with van der Waals surface area (Å²) in [6.45, 7) is 0. The molecule has 0 bridgehead atoms. The molecule has 3 aromatic rings. The Labute approximate surface area is 152 Å². The third-order valence-corrected chi connectivity index (χ3v) is 5.97. The van der Waals surface area contributed by atoms with Crippen LogP contribution in [0.5, 0.6) is 0 Å². The van der Waals surface area contributed by atoms with E-state index in [2.05, 4.69) is 9.71 Å². The van der Waals surface area contributed by atoms with Crippen molar-refractivity contribution in [1.29, 1.82) is 0 Å². The number of nitrogens with zero attached hydrogens (tertiary/aromatic N) is 1. The zero-order valence-electron chi connectivity index (χ0n) is 12.5. The minimum Gasteiger partial charge on any atom is -0.478 e. The second-order valence-corrected chi connectivity index (χ2v) is 7.88. The van der Waals surface area contributed by atoms with Gasteiger partial charge in [0.25, 0.3) is 10.0 Å². The van der Waals surface area contributed by atoms with Gasteiger partial charge in [-0.1, -0.05) is 41.9 Å². The third kappa shape index (κ3) is 3.81. The number of sulfonamides is 1. The van der Waals surface area contributed by atoms with Crippen LogP contribution in [0, 0.1) is 0 Å². The number of hydrogen-bond donors (Lipinski definition) is 2. The molecule has 0 aliphatic heterocycles. The van der Waals surface area contributed by atoms with Gasteiger partial charge >= 0.3 is 5.97 Å². The standard InChI is InChI=1S/C16H11ClN2O4S2/c17-12-7-6-11(15(20)21)8-14(12)25(22,23)19-16-18-13(9-24-16)10-4-2-1-3-5-10/h1-9H,(H,18,19)(H,20,21). The van der Waals surface area contributed by atoms with Crippen molar-refractivity contribution in [2.75, 3.05) is 4.72 Å². The lowest BCUT2D eigenvalue weighted by Crippen LogP contribution is -2.14. The molecule has 0 atom stereocenters. The Morgan fingerprint density at radius 2 is 1.88 bits per heavy atom. The lowest BCUT2D eigenvalue weighted by atomic mass is 10.2. The molecule has 2 aromatic carbocycles. The number of carbonyl (C=O) groups is 1. The summed E-state index contributed by atoms with van der Waals surface area (Å²) in [5.41, 5.74) is 1.32. The van der Waals surface area contributed by atoms with Crippen LogP contribution in [0.4, 0.5) is 5.13 Å². The smallest absolute Gasteiger partial charge is 0.335 e. The van der Waals surface area contributed by atoms with Crippen LogP contribution in [0.15, 0.2) is 58.8 Å². The summed E-state index contributed by atoms with van der Waals surface area (Å²) >= 11 is 7.05. The minimum absolute atomic E-state index is 0.0719. The van der Waals surface area contributed by atoms with Gasteiger partial charge in [-0.25, -0.2) is 18.2 Å². The van der Waals surface area contributed by atoms with Gasteiger partial charge in [-0.3, -0.25) is 4.72 Å². The molecule has 25 heavy (non-hydrogen) atoms. The Morgan fingerprint density at radius 1 is 1.16 bits per heavy atom. The lowest BCUT2D eigenvalue weighted by molar-refractivity contribution is 0.0696. The molecule has 2 N–H and O–H groups in total. The number of halogens is 1. The Balaban J connectivity index is 1.91. The number of anilines is 1.